The molecule has 0 amide bonds. The lowest BCUT2D eigenvalue weighted by Gasteiger charge is -2.44. The fourth-order valence-corrected chi connectivity index (χ4v) is 4.30. The van der Waals surface area contributed by atoms with Gasteiger partial charge in [0.2, 0.25) is 0 Å². The highest BCUT2D eigenvalue weighted by Gasteiger charge is 2.34. The Morgan fingerprint density at radius 3 is 2.71 bits per heavy atom. The number of hydrogen-bond acceptors (Lipinski definition) is 3. The molecule has 2 aliphatic rings. The van der Waals surface area contributed by atoms with Gasteiger partial charge in [-0.3, -0.25) is 4.79 Å². The van der Waals surface area contributed by atoms with Crippen molar-refractivity contribution in [1.82, 2.24) is 10.2 Å². The highest BCUT2D eigenvalue weighted by atomic mass is 16.4. The second-order valence-electron chi connectivity index (χ2n) is 7.06. The normalized spacial score (nSPS) is 29.6. The van der Waals surface area contributed by atoms with Crippen molar-refractivity contribution < 1.29 is 9.90 Å². The predicted octanol–water partition coefficient (Wildman–Crippen LogP) is 2.87. The quantitative estimate of drug-likeness (QED) is 0.758. The molecule has 1 heterocycles. The number of nitrogens with one attached hydrogen (secondary N) is 1. The van der Waals surface area contributed by atoms with Crippen LogP contribution in [-0.2, 0) is 4.79 Å². The Kier molecular flexibility index (Phi) is 6.06. The van der Waals surface area contributed by atoms with E-state index in [2.05, 4.69) is 10.2 Å². The van der Waals surface area contributed by atoms with Gasteiger partial charge in [0.1, 0.15) is 5.54 Å². The second-order valence-corrected chi connectivity index (χ2v) is 7.06. The predicted molar refractivity (Wildman–Crippen MR) is 85.5 cm³/mol. The number of likely N-dealkylation sites (tertiary alicyclic amines) is 1. The number of fused-ring (bicyclic) bond motifs is 1. The summed E-state index contributed by atoms with van der Waals surface area (Å²) in [5.74, 6) is 0.186. The maximum atomic E-state index is 11.4. The van der Waals surface area contributed by atoms with Gasteiger partial charge in [-0.2, -0.15) is 0 Å². The molecule has 2 rings (SSSR count). The van der Waals surface area contributed by atoms with Crippen LogP contribution in [-0.4, -0.2) is 47.2 Å². The van der Waals surface area contributed by atoms with E-state index in [4.69, 9.17) is 0 Å². The fraction of sp³-hybridized carbons (Fsp3) is 0.941. The summed E-state index contributed by atoms with van der Waals surface area (Å²) in [5.41, 5.74) is -0.767. The molecule has 1 unspecified atom stereocenters. The van der Waals surface area contributed by atoms with Crippen molar-refractivity contribution in [2.24, 2.45) is 5.92 Å². The lowest BCUT2D eigenvalue weighted by Crippen LogP contribution is -2.51. The second kappa shape index (κ2) is 7.59. The zero-order chi connectivity index (χ0) is 15.3. The monoisotopic (exact) mass is 296 g/mol. The van der Waals surface area contributed by atoms with Crippen LogP contribution < -0.4 is 5.32 Å². The highest BCUT2D eigenvalue weighted by molar-refractivity contribution is 5.78. The summed E-state index contributed by atoms with van der Waals surface area (Å²) in [6.07, 6.45) is 9.97. The van der Waals surface area contributed by atoms with E-state index in [0.29, 0.717) is 13.0 Å². The summed E-state index contributed by atoms with van der Waals surface area (Å²) in [6, 6.07) is 0.780. The third-order valence-corrected chi connectivity index (χ3v) is 5.52. The van der Waals surface area contributed by atoms with E-state index in [1.54, 1.807) is 0 Å². The number of piperidine rings is 1. The van der Waals surface area contributed by atoms with Gasteiger partial charge in [0.05, 0.1) is 0 Å². The van der Waals surface area contributed by atoms with E-state index in [-0.39, 0.29) is 0 Å². The molecule has 0 radical (unpaired) electrons. The summed E-state index contributed by atoms with van der Waals surface area (Å²) < 4.78 is 0. The number of rotatable bonds is 7. The van der Waals surface area contributed by atoms with Crippen LogP contribution in [0.25, 0.3) is 0 Å². The van der Waals surface area contributed by atoms with Gasteiger partial charge in [0.25, 0.3) is 0 Å². The molecular weight excluding hydrogens is 264 g/mol. The van der Waals surface area contributed by atoms with Gasteiger partial charge in [-0.05, 0) is 71.0 Å². The SMILES string of the molecule is CCNC(C)(CCCN1CCC[C@H]2CCCC[C@H]21)C(=O)O. The van der Waals surface area contributed by atoms with Crippen molar-refractivity contribution in [2.45, 2.75) is 76.8 Å². The standard InChI is InChI=1S/C17H32N2O2/c1-3-18-17(2,16(20)21)11-7-13-19-12-6-9-14-8-4-5-10-15(14)19/h14-15,18H,3-13H2,1-2H3,(H,20,21)/t14-,15-,17?/m1/s1. The summed E-state index contributed by atoms with van der Waals surface area (Å²) >= 11 is 0. The molecule has 122 valence electrons. The van der Waals surface area contributed by atoms with E-state index < -0.39 is 11.5 Å². The fourth-order valence-electron chi connectivity index (χ4n) is 4.30. The molecular formula is C17H32N2O2. The molecule has 1 aliphatic carbocycles. The van der Waals surface area contributed by atoms with E-state index in [0.717, 1.165) is 24.9 Å². The minimum atomic E-state index is -0.767. The minimum Gasteiger partial charge on any atom is -0.480 e. The Bertz CT molecular complexity index is 346. The zero-order valence-electron chi connectivity index (χ0n) is 13.7. The van der Waals surface area contributed by atoms with Crippen LogP contribution in [0, 0.1) is 5.92 Å². The van der Waals surface area contributed by atoms with E-state index >= 15 is 0 Å². The van der Waals surface area contributed by atoms with Crippen molar-refractivity contribution in [2.75, 3.05) is 19.6 Å². The van der Waals surface area contributed by atoms with Crippen LogP contribution in [0.4, 0.5) is 0 Å². The Hall–Kier alpha value is -0.610. The van der Waals surface area contributed by atoms with Gasteiger partial charge >= 0.3 is 5.97 Å². The Morgan fingerprint density at radius 2 is 2.00 bits per heavy atom. The number of likely N-dealkylation sites (N-methyl/N-ethyl adjacent to an activating group) is 1. The van der Waals surface area contributed by atoms with Crippen molar-refractivity contribution in [3.05, 3.63) is 0 Å². The van der Waals surface area contributed by atoms with Crippen molar-refractivity contribution in [3.63, 3.8) is 0 Å². The van der Waals surface area contributed by atoms with Crippen molar-refractivity contribution >= 4 is 5.97 Å². The third-order valence-electron chi connectivity index (χ3n) is 5.52. The Morgan fingerprint density at radius 1 is 1.29 bits per heavy atom. The number of aliphatic carboxylic acids is 1. The molecule has 1 saturated heterocycles. The van der Waals surface area contributed by atoms with Gasteiger partial charge in [-0.1, -0.05) is 19.8 Å². The Balaban J connectivity index is 1.82. The number of hydrogen-bond donors (Lipinski definition) is 2. The molecule has 0 aromatic rings. The summed E-state index contributed by atoms with van der Waals surface area (Å²) in [7, 11) is 0. The van der Waals surface area contributed by atoms with Gasteiger partial charge in [-0.15, -0.1) is 0 Å². The first-order valence-corrected chi connectivity index (χ1v) is 8.79. The molecule has 3 atom stereocenters. The van der Waals surface area contributed by atoms with Gasteiger partial charge in [-0.25, -0.2) is 0 Å². The lowest BCUT2D eigenvalue weighted by atomic mass is 9.78. The number of carbonyl (C=O) groups is 1. The smallest absolute Gasteiger partial charge is 0.323 e. The first kappa shape index (κ1) is 16.8. The van der Waals surface area contributed by atoms with Crippen molar-refractivity contribution in [3.8, 4) is 0 Å². The van der Waals surface area contributed by atoms with Gasteiger partial charge in [0, 0.05) is 6.04 Å². The molecule has 1 aliphatic heterocycles. The molecule has 4 nitrogen and oxygen atoms in total. The van der Waals surface area contributed by atoms with Crippen LogP contribution in [0.1, 0.15) is 65.2 Å². The van der Waals surface area contributed by atoms with E-state index in [1.165, 1.54) is 45.1 Å². The molecule has 4 heteroatoms. The first-order valence-electron chi connectivity index (χ1n) is 8.79. The molecule has 2 fully saturated rings. The molecule has 0 aromatic heterocycles. The molecule has 2 N–H and O–H groups in total. The van der Waals surface area contributed by atoms with Crippen LogP contribution >= 0.6 is 0 Å². The average Bonchev–Trinajstić information content (AvgIpc) is 2.47. The maximum Gasteiger partial charge on any atom is 0.323 e. The molecule has 21 heavy (non-hydrogen) atoms. The number of carboxylic acid groups (broad SMARTS) is 1. The summed E-state index contributed by atoms with van der Waals surface area (Å²) in [6.45, 7) is 6.77. The maximum absolute atomic E-state index is 11.4. The molecule has 0 spiro atoms. The summed E-state index contributed by atoms with van der Waals surface area (Å²) in [5, 5.41) is 12.5. The minimum absolute atomic E-state index is 0.706. The zero-order valence-corrected chi connectivity index (χ0v) is 13.7. The number of carboxylic acids is 1. The third kappa shape index (κ3) is 4.19. The largest absolute Gasteiger partial charge is 0.480 e. The van der Waals surface area contributed by atoms with Gasteiger partial charge in [0.15, 0.2) is 0 Å². The van der Waals surface area contributed by atoms with Crippen LogP contribution in [0.5, 0.6) is 0 Å². The van der Waals surface area contributed by atoms with E-state index in [1.807, 2.05) is 13.8 Å². The molecule has 1 saturated carbocycles. The van der Waals surface area contributed by atoms with Crippen LogP contribution in [0.15, 0.2) is 0 Å². The first-order chi connectivity index (χ1) is 10.1. The van der Waals surface area contributed by atoms with Crippen LogP contribution in [0.2, 0.25) is 0 Å². The average molecular weight is 296 g/mol. The number of nitrogens with zero attached hydrogens (tertiary/aromatic N) is 1. The van der Waals surface area contributed by atoms with Crippen molar-refractivity contribution in [1.29, 1.82) is 0 Å². The highest BCUT2D eigenvalue weighted by Crippen LogP contribution is 2.35. The van der Waals surface area contributed by atoms with Gasteiger partial charge < -0.3 is 15.3 Å². The van der Waals surface area contributed by atoms with Crippen LogP contribution in [0.3, 0.4) is 0 Å². The lowest BCUT2D eigenvalue weighted by molar-refractivity contribution is -0.144. The summed E-state index contributed by atoms with van der Waals surface area (Å²) in [4.78, 5) is 14.1. The Labute approximate surface area is 129 Å². The topological polar surface area (TPSA) is 52.6 Å². The molecule has 0 bridgehead atoms. The molecule has 0 aromatic carbocycles. The van der Waals surface area contributed by atoms with E-state index in [9.17, 15) is 9.90 Å².